The Labute approximate surface area is 99.3 Å². The number of nitro benzene ring substituents is 1. The van der Waals surface area contributed by atoms with Gasteiger partial charge < -0.3 is 4.74 Å². The number of nitro groups is 1. The van der Waals surface area contributed by atoms with Crippen molar-refractivity contribution in [2.75, 3.05) is 0 Å². The predicted molar refractivity (Wildman–Crippen MR) is 53.6 cm³/mol. The molecule has 1 aromatic rings. The third-order valence-electron chi connectivity index (χ3n) is 1.96. The molecule has 1 aromatic carbocycles. The third kappa shape index (κ3) is 3.72. The number of hydrogen-bond acceptors (Lipinski definition) is 4. The van der Waals surface area contributed by atoms with Crippen LogP contribution in [0.1, 0.15) is 18.1 Å². The number of nitrogens with zero attached hydrogens (tertiary/aromatic N) is 1. The molecule has 0 aliphatic rings. The topological polar surface area (TPSA) is 69.4 Å². The standard InChI is InChI=1S/C10H8F3NO4/c1-6(15)18-5-7-2-8(10(11,12)13)4-9(3-7)14(16)17/h2-4H,5H2,1H3. The first-order valence-corrected chi connectivity index (χ1v) is 4.69. The van der Waals surface area contributed by atoms with Gasteiger partial charge in [0.15, 0.2) is 0 Å². The smallest absolute Gasteiger partial charge is 0.416 e. The van der Waals surface area contributed by atoms with E-state index in [0.29, 0.717) is 12.1 Å². The molecule has 0 aromatic heterocycles. The van der Waals surface area contributed by atoms with E-state index in [1.807, 2.05) is 0 Å². The lowest BCUT2D eigenvalue weighted by Crippen LogP contribution is -2.08. The summed E-state index contributed by atoms with van der Waals surface area (Å²) in [7, 11) is 0. The molecule has 5 nitrogen and oxygen atoms in total. The van der Waals surface area contributed by atoms with Crippen molar-refractivity contribution in [1.82, 2.24) is 0 Å². The number of ether oxygens (including phenoxy) is 1. The minimum Gasteiger partial charge on any atom is -0.461 e. The van der Waals surface area contributed by atoms with Crippen LogP contribution in [0.15, 0.2) is 18.2 Å². The molecule has 0 aliphatic carbocycles. The van der Waals surface area contributed by atoms with E-state index < -0.39 is 34.9 Å². The van der Waals surface area contributed by atoms with Gasteiger partial charge in [0.05, 0.1) is 10.5 Å². The Bertz CT molecular complexity index is 485. The van der Waals surface area contributed by atoms with Crippen LogP contribution >= 0.6 is 0 Å². The second kappa shape index (κ2) is 5.03. The Balaban J connectivity index is 3.14. The molecule has 0 aliphatic heterocycles. The minimum atomic E-state index is -4.70. The van der Waals surface area contributed by atoms with Crippen molar-refractivity contribution in [3.05, 3.63) is 39.4 Å². The van der Waals surface area contributed by atoms with Crippen LogP contribution in [0.5, 0.6) is 0 Å². The number of carbonyl (C=O) groups excluding carboxylic acids is 1. The number of hydrogen-bond donors (Lipinski definition) is 0. The highest BCUT2D eigenvalue weighted by atomic mass is 19.4. The molecule has 0 radical (unpaired) electrons. The molecule has 0 saturated heterocycles. The summed E-state index contributed by atoms with van der Waals surface area (Å²) < 4.78 is 41.9. The number of halogens is 3. The molecular weight excluding hydrogens is 255 g/mol. The van der Waals surface area contributed by atoms with Crippen LogP contribution in [0, 0.1) is 10.1 Å². The SMILES string of the molecule is CC(=O)OCc1cc([N+](=O)[O-])cc(C(F)(F)F)c1. The minimum absolute atomic E-state index is 0.0910. The molecule has 0 bridgehead atoms. The number of alkyl halides is 3. The molecule has 8 heteroatoms. The average molecular weight is 263 g/mol. The fourth-order valence-electron chi connectivity index (χ4n) is 1.21. The number of rotatable bonds is 3. The van der Waals surface area contributed by atoms with Crippen LogP contribution in [0.2, 0.25) is 0 Å². The third-order valence-corrected chi connectivity index (χ3v) is 1.96. The maximum absolute atomic E-state index is 12.5. The van der Waals surface area contributed by atoms with Gasteiger partial charge in [0.2, 0.25) is 0 Å². The van der Waals surface area contributed by atoms with E-state index in [1.54, 1.807) is 0 Å². The van der Waals surface area contributed by atoms with Gasteiger partial charge in [-0.3, -0.25) is 14.9 Å². The van der Waals surface area contributed by atoms with Gasteiger partial charge in [0.1, 0.15) is 6.61 Å². The van der Waals surface area contributed by atoms with Crippen molar-refractivity contribution < 1.29 is 27.6 Å². The molecule has 18 heavy (non-hydrogen) atoms. The summed E-state index contributed by atoms with van der Waals surface area (Å²) in [6.07, 6.45) is -4.70. The summed E-state index contributed by atoms with van der Waals surface area (Å²) in [5.41, 5.74) is -1.95. The lowest BCUT2D eigenvalue weighted by molar-refractivity contribution is -0.385. The fraction of sp³-hybridized carbons (Fsp3) is 0.300. The lowest BCUT2D eigenvalue weighted by Gasteiger charge is -2.09. The second-order valence-electron chi connectivity index (χ2n) is 3.42. The monoisotopic (exact) mass is 263 g/mol. The quantitative estimate of drug-likeness (QED) is 0.477. The van der Waals surface area contributed by atoms with E-state index in [0.717, 1.165) is 13.0 Å². The molecule has 0 atom stereocenters. The summed E-state index contributed by atoms with van der Waals surface area (Å²) in [6, 6.07) is 2.06. The summed E-state index contributed by atoms with van der Waals surface area (Å²) in [5.74, 6) is -0.685. The Morgan fingerprint density at radius 1 is 1.39 bits per heavy atom. The van der Waals surface area contributed by atoms with E-state index in [9.17, 15) is 28.1 Å². The zero-order chi connectivity index (χ0) is 13.9. The van der Waals surface area contributed by atoms with E-state index in [2.05, 4.69) is 4.74 Å². The van der Waals surface area contributed by atoms with Gasteiger partial charge in [-0.1, -0.05) is 0 Å². The van der Waals surface area contributed by atoms with Gasteiger partial charge in [-0.2, -0.15) is 13.2 Å². The predicted octanol–water partition coefficient (Wildman–Crippen LogP) is 2.68. The second-order valence-corrected chi connectivity index (χ2v) is 3.42. The van der Waals surface area contributed by atoms with Crippen molar-refractivity contribution in [2.45, 2.75) is 19.7 Å². The van der Waals surface area contributed by atoms with Crippen molar-refractivity contribution >= 4 is 11.7 Å². The largest absolute Gasteiger partial charge is 0.461 e. The van der Waals surface area contributed by atoms with Crippen LogP contribution in [0.3, 0.4) is 0 Å². The molecule has 1 rings (SSSR count). The van der Waals surface area contributed by atoms with Crippen LogP contribution in [-0.2, 0) is 22.3 Å². The maximum Gasteiger partial charge on any atom is 0.416 e. The molecule has 98 valence electrons. The molecule has 0 N–H and O–H groups in total. The van der Waals surface area contributed by atoms with Gasteiger partial charge in [-0.15, -0.1) is 0 Å². The highest BCUT2D eigenvalue weighted by Gasteiger charge is 2.32. The first-order chi connectivity index (χ1) is 8.20. The van der Waals surface area contributed by atoms with Gasteiger partial charge in [0.25, 0.3) is 5.69 Å². The Morgan fingerprint density at radius 3 is 2.44 bits per heavy atom. The lowest BCUT2D eigenvalue weighted by atomic mass is 10.1. The molecular formula is C10H8F3NO4. The zero-order valence-electron chi connectivity index (χ0n) is 9.15. The molecule has 0 spiro atoms. The number of carbonyl (C=O) groups is 1. The van der Waals surface area contributed by atoms with Crippen molar-refractivity contribution in [1.29, 1.82) is 0 Å². The number of non-ortho nitro benzene ring substituents is 1. The van der Waals surface area contributed by atoms with Crippen molar-refractivity contribution in [3.63, 3.8) is 0 Å². The Morgan fingerprint density at radius 2 is 2.00 bits per heavy atom. The molecule has 0 amide bonds. The van der Waals surface area contributed by atoms with Crippen LogP contribution in [0.4, 0.5) is 18.9 Å². The summed E-state index contributed by atoms with van der Waals surface area (Å²) in [6.45, 7) is 0.641. The average Bonchev–Trinajstić information content (AvgIpc) is 2.24. The van der Waals surface area contributed by atoms with Gasteiger partial charge in [0, 0.05) is 19.1 Å². The van der Waals surface area contributed by atoms with Crippen LogP contribution in [0.25, 0.3) is 0 Å². The molecule has 0 fully saturated rings. The van der Waals surface area contributed by atoms with Crippen LogP contribution < -0.4 is 0 Å². The summed E-state index contributed by atoms with van der Waals surface area (Å²) in [4.78, 5) is 20.1. The van der Waals surface area contributed by atoms with E-state index in [4.69, 9.17) is 0 Å². The van der Waals surface area contributed by atoms with E-state index in [-0.39, 0.29) is 5.56 Å². The van der Waals surface area contributed by atoms with Gasteiger partial charge in [-0.25, -0.2) is 0 Å². The highest BCUT2D eigenvalue weighted by molar-refractivity contribution is 5.66. The van der Waals surface area contributed by atoms with Crippen molar-refractivity contribution in [3.8, 4) is 0 Å². The first-order valence-electron chi connectivity index (χ1n) is 4.69. The number of esters is 1. The first kappa shape index (κ1) is 13.9. The normalized spacial score (nSPS) is 11.1. The van der Waals surface area contributed by atoms with E-state index in [1.165, 1.54) is 0 Å². The van der Waals surface area contributed by atoms with Gasteiger partial charge >= 0.3 is 12.1 Å². The highest BCUT2D eigenvalue weighted by Crippen LogP contribution is 2.32. The summed E-state index contributed by atoms with van der Waals surface area (Å²) >= 11 is 0. The maximum atomic E-state index is 12.5. The van der Waals surface area contributed by atoms with Crippen LogP contribution in [-0.4, -0.2) is 10.9 Å². The summed E-state index contributed by atoms with van der Waals surface area (Å²) in [5, 5.41) is 10.5. The fourth-order valence-corrected chi connectivity index (χ4v) is 1.21. The molecule has 0 unspecified atom stereocenters. The Kier molecular flexibility index (Phi) is 3.89. The molecule has 0 saturated carbocycles. The Hall–Kier alpha value is -2.12. The number of benzene rings is 1. The van der Waals surface area contributed by atoms with E-state index >= 15 is 0 Å². The van der Waals surface area contributed by atoms with Crippen molar-refractivity contribution in [2.24, 2.45) is 0 Å². The molecule has 0 heterocycles. The zero-order valence-corrected chi connectivity index (χ0v) is 9.15. The van der Waals surface area contributed by atoms with Gasteiger partial charge in [-0.05, 0) is 11.6 Å².